The van der Waals surface area contributed by atoms with E-state index < -0.39 is 11.9 Å². The summed E-state index contributed by atoms with van der Waals surface area (Å²) in [5, 5.41) is 0. The molecule has 2 aliphatic carbocycles. The fourth-order valence-corrected chi connectivity index (χ4v) is 5.35. The summed E-state index contributed by atoms with van der Waals surface area (Å²) >= 11 is 0. The molecule has 0 N–H and O–H groups in total. The molecule has 4 nitrogen and oxygen atoms in total. The summed E-state index contributed by atoms with van der Waals surface area (Å²) in [5.41, 5.74) is 1.64. The summed E-state index contributed by atoms with van der Waals surface area (Å²) in [6, 6.07) is 22.6. The lowest BCUT2D eigenvalue weighted by molar-refractivity contribution is 0.0681. The number of esters is 2. The van der Waals surface area contributed by atoms with Crippen LogP contribution in [0.2, 0.25) is 0 Å². The maximum atomic E-state index is 12.4. The van der Waals surface area contributed by atoms with Crippen LogP contribution in [0.4, 0.5) is 0 Å². The Bertz CT molecular complexity index is 1100. The summed E-state index contributed by atoms with van der Waals surface area (Å²) in [7, 11) is 0. The van der Waals surface area contributed by atoms with Gasteiger partial charge in [-0.2, -0.15) is 0 Å². The van der Waals surface area contributed by atoms with Crippen LogP contribution in [0.3, 0.4) is 0 Å². The van der Waals surface area contributed by atoms with Crippen molar-refractivity contribution in [2.45, 2.75) is 64.7 Å². The third-order valence-corrected chi connectivity index (χ3v) is 7.32. The van der Waals surface area contributed by atoms with Crippen molar-refractivity contribution in [1.29, 1.82) is 0 Å². The highest BCUT2D eigenvalue weighted by molar-refractivity contribution is 5.93. The minimum Gasteiger partial charge on any atom is -0.419 e. The Kier molecular flexibility index (Phi) is 9.32. The predicted octanol–water partition coefficient (Wildman–Crippen LogP) is 8.05. The monoisotopic (exact) mass is 484 g/mol. The van der Waals surface area contributed by atoms with Crippen molar-refractivity contribution < 1.29 is 19.1 Å². The number of aryl methyl sites for hydroxylation is 1. The predicted molar refractivity (Wildman–Crippen MR) is 143 cm³/mol. The SMILES string of the molecule is C1CCC(C2CCCC2)C1.CCc1cccc(OC(=O)c2ccccc2)c1OC(=O)c1ccccc1. The first-order valence-electron chi connectivity index (χ1n) is 13.3. The normalized spacial score (nSPS) is 15.7. The van der Waals surface area contributed by atoms with Gasteiger partial charge in [-0.3, -0.25) is 0 Å². The van der Waals surface area contributed by atoms with Gasteiger partial charge in [0.25, 0.3) is 0 Å². The molecule has 0 bridgehead atoms. The number of hydrogen-bond donors (Lipinski definition) is 0. The molecule has 0 amide bonds. The molecule has 0 aliphatic heterocycles. The van der Waals surface area contributed by atoms with E-state index >= 15 is 0 Å². The zero-order chi connectivity index (χ0) is 25.2. The molecule has 2 saturated carbocycles. The zero-order valence-corrected chi connectivity index (χ0v) is 21.2. The summed E-state index contributed by atoms with van der Waals surface area (Å²) < 4.78 is 11.1. The fourth-order valence-electron chi connectivity index (χ4n) is 5.35. The Hall–Kier alpha value is -3.40. The van der Waals surface area contributed by atoms with Gasteiger partial charge in [-0.05, 0) is 54.2 Å². The van der Waals surface area contributed by atoms with Crippen LogP contribution in [0.5, 0.6) is 11.5 Å². The van der Waals surface area contributed by atoms with E-state index in [4.69, 9.17) is 9.47 Å². The second kappa shape index (κ2) is 13.1. The first-order chi connectivity index (χ1) is 17.7. The molecule has 0 saturated heterocycles. The Balaban J connectivity index is 0.000000251. The average Bonchev–Trinajstić information content (AvgIpc) is 3.65. The topological polar surface area (TPSA) is 52.6 Å². The molecular formula is C32H36O4. The van der Waals surface area contributed by atoms with Crippen molar-refractivity contribution in [3.8, 4) is 11.5 Å². The molecule has 0 unspecified atom stereocenters. The maximum absolute atomic E-state index is 12.4. The third kappa shape index (κ3) is 6.84. The third-order valence-electron chi connectivity index (χ3n) is 7.32. The molecule has 3 aromatic carbocycles. The van der Waals surface area contributed by atoms with Crippen LogP contribution in [0.1, 0.15) is 84.6 Å². The van der Waals surface area contributed by atoms with E-state index in [-0.39, 0.29) is 11.5 Å². The molecule has 4 heteroatoms. The first kappa shape index (κ1) is 25.7. The molecule has 36 heavy (non-hydrogen) atoms. The van der Waals surface area contributed by atoms with Gasteiger partial charge in [0, 0.05) is 0 Å². The van der Waals surface area contributed by atoms with E-state index in [1.807, 2.05) is 25.1 Å². The van der Waals surface area contributed by atoms with Gasteiger partial charge in [-0.15, -0.1) is 0 Å². The molecule has 0 radical (unpaired) electrons. The van der Waals surface area contributed by atoms with Crippen LogP contribution >= 0.6 is 0 Å². The Morgan fingerprint density at radius 2 is 1.11 bits per heavy atom. The summed E-state index contributed by atoms with van der Waals surface area (Å²) in [6.07, 6.45) is 13.0. The van der Waals surface area contributed by atoms with Crippen LogP contribution in [-0.4, -0.2) is 11.9 Å². The summed E-state index contributed by atoms with van der Waals surface area (Å²) in [4.78, 5) is 24.8. The first-order valence-corrected chi connectivity index (χ1v) is 13.3. The van der Waals surface area contributed by atoms with E-state index in [2.05, 4.69) is 0 Å². The van der Waals surface area contributed by atoms with Gasteiger partial charge >= 0.3 is 11.9 Å². The van der Waals surface area contributed by atoms with E-state index in [1.54, 1.807) is 86.3 Å². The Morgan fingerprint density at radius 3 is 1.58 bits per heavy atom. The van der Waals surface area contributed by atoms with Crippen LogP contribution in [-0.2, 0) is 6.42 Å². The largest absolute Gasteiger partial charge is 0.419 e. The number of carbonyl (C=O) groups excluding carboxylic acids is 2. The van der Waals surface area contributed by atoms with Crippen LogP contribution < -0.4 is 9.47 Å². The molecular weight excluding hydrogens is 448 g/mol. The number of carbonyl (C=O) groups is 2. The summed E-state index contributed by atoms with van der Waals surface area (Å²) in [5.74, 6) is 1.81. The van der Waals surface area contributed by atoms with E-state index in [0.717, 1.165) is 17.4 Å². The van der Waals surface area contributed by atoms with Crippen molar-refractivity contribution in [3.63, 3.8) is 0 Å². The number of hydrogen-bond acceptors (Lipinski definition) is 4. The molecule has 5 rings (SSSR count). The molecule has 188 valence electrons. The molecule has 0 aromatic heterocycles. The number of ether oxygens (including phenoxy) is 2. The van der Waals surface area contributed by atoms with Crippen LogP contribution in [0.25, 0.3) is 0 Å². The number of rotatable bonds is 6. The number of para-hydroxylation sites is 1. The quantitative estimate of drug-likeness (QED) is 0.262. The van der Waals surface area contributed by atoms with E-state index in [9.17, 15) is 9.59 Å². The van der Waals surface area contributed by atoms with Gasteiger partial charge < -0.3 is 9.47 Å². The smallest absolute Gasteiger partial charge is 0.343 e. The highest BCUT2D eigenvalue weighted by atomic mass is 16.6. The average molecular weight is 485 g/mol. The molecule has 2 aliphatic rings. The lowest BCUT2D eigenvalue weighted by Gasteiger charge is -2.16. The molecule has 0 spiro atoms. The van der Waals surface area contributed by atoms with E-state index in [1.165, 1.54) is 25.7 Å². The molecule has 2 fully saturated rings. The second-order valence-corrected chi connectivity index (χ2v) is 9.70. The van der Waals surface area contributed by atoms with Gasteiger partial charge in [0.05, 0.1) is 11.1 Å². The lowest BCUT2D eigenvalue weighted by Crippen LogP contribution is -2.13. The minimum atomic E-state index is -0.504. The van der Waals surface area contributed by atoms with Gasteiger partial charge in [0.2, 0.25) is 0 Å². The van der Waals surface area contributed by atoms with Crippen LogP contribution in [0.15, 0.2) is 78.9 Å². The van der Waals surface area contributed by atoms with Gasteiger partial charge in [-0.1, -0.05) is 107 Å². The van der Waals surface area contributed by atoms with Crippen molar-refractivity contribution in [2.75, 3.05) is 0 Å². The molecule has 3 aromatic rings. The molecule has 0 heterocycles. The maximum Gasteiger partial charge on any atom is 0.343 e. The van der Waals surface area contributed by atoms with Crippen molar-refractivity contribution in [3.05, 3.63) is 95.6 Å². The zero-order valence-electron chi connectivity index (χ0n) is 21.2. The Morgan fingerprint density at radius 1 is 0.639 bits per heavy atom. The van der Waals surface area contributed by atoms with Gasteiger partial charge in [0.15, 0.2) is 11.5 Å². The van der Waals surface area contributed by atoms with Crippen LogP contribution in [0, 0.1) is 11.8 Å². The van der Waals surface area contributed by atoms with Gasteiger partial charge in [-0.25, -0.2) is 9.59 Å². The van der Waals surface area contributed by atoms with Crippen molar-refractivity contribution >= 4 is 11.9 Å². The molecule has 0 atom stereocenters. The minimum absolute atomic E-state index is 0.225. The number of benzene rings is 3. The fraction of sp³-hybridized carbons (Fsp3) is 0.375. The summed E-state index contributed by atoms with van der Waals surface area (Å²) in [6.45, 7) is 1.94. The standard InChI is InChI=1S/C22H18O4.C10H18/c1-2-16-14-9-15-19(25-21(23)17-10-5-3-6-11-17)20(16)26-22(24)18-12-7-4-8-13-18;1-2-6-9(5-1)10-7-3-4-8-10/h3-15H,2H2,1H3;9-10H,1-8H2. The van der Waals surface area contributed by atoms with Crippen molar-refractivity contribution in [1.82, 2.24) is 0 Å². The van der Waals surface area contributed by atoms with Gasteiger partial charge in [0.1, 0.15) is 0 Å². The highest BCUT2D eigenvalue weighted by Gasteiger charge is 2.27. The Labute approximate surface area is 214 Å². The van der Waals surface area contributed by atoms with Crippen molar-refractivity contribution in [2.24, 2.45) is 11.8 Å². The highest BCUT2D eigenvalue weighted by Crippen LogP contribution is 2.40. The van der Waals surface area contributed by atoms with E-state index in [0.29, 0.717) is 17.5 Å². The second-order valence-electron chi connectivity index (χ2n) is 9.70. The lowest BCUT2D eigenvalue weighted by atomic mass is 9.90.